The van der Waals surface area contributed by atoms with E-state index in [-0.39, 0.29) is 36.2 Å². The number of anilines is 1. The molecule has 2 rings (SSSR count). The van der Waals surface area contributed by atoms with E-state index in [9.17, 15) is 9.59 Å². The molecule has 0 saturated carbocycles. The minimum atomic E-state index is -0.000520. The molecule has 1 heterocycles. The molecule has 122 valence electrons. The second-order valence-corrected chi connectivity index (χ2v) is 5.85. The Morgan fingerprint density at radius 1 is 1.18 bits per heavy atom. The number of amides is 2. The maximum atomic E-state index is 12.3. The number of carbonyl (C=O) groups is 2. The predicted molar refractivity (Wildman–Crippen MR) is 90.0 cm³/mol. The van der Waals surface area contributed by atoms with E-state index in [0.29, 0.717) is 24.3 Å². The molecule has 3 N–H and O–H groups in total. The minimum absolute atomic E-state index is 0. The Morgan fingerprint density at radius 2 is 1.73 bits per heavy atom. The molecule has 0 atom stereocenters. The molecule has 1 aliphatic rings. The van der Waals surface area contributed by atoms with Gasteiger partial charge in [-0.25, -0.2) is 0 Å². The van der Waals surface area contributed by atoms with Gasteiger partial charge in [-0.15, -0.1) is 12.4 Å². The van der Waals surface area contributed by atoms with Crippen molar-refractivity contribution in [3.05, 3.63) is 29.8 Å². The zero-order chi connectivity index (χ0) is 15.4. The predicted octanol–water partition coefficient (Wildman–Crippen LogP) is 2.07. The average Bonchev–Trinajstić information content (AvgIpc) is 2.48. The van der Waals surface area contributed by atoms with Gasteiger partial charge >= 0.3 is 0 Å². The fourth-order valence-corrected chi connectivity index (χ4v) is 2.40. The van der Waals surface area contributed by atoms with Crippen LogP contribution in [-0.2, 0) is 4.79 Å². The van der Waals surface area contributed by atoms with Gasteiger partial charge in [-0.1, -0.05) is 13.8 Å². The van der Waals surface area contributed by atoms with Crippen LogP contribution in [0.3, 0.4) is 0 Å². The number of hydrogen-bond acceptors (Lipinski definition) is 3. The maximum absolute atomic E-state index is 12.3. The van der Waals surface area contributed by atoms with Crippen LogP contribution in [0.1, 0.15) is 37.0 Å². The summed E-state index contributed by atoms with van der Waals surface area (Å²) < 4.78 is 0. The summed E-state index contributed by atoms with van der Waals surface area (Å²) >= 11 is 0. The van der Waals surface area contributed by atoms with E-state index in [4.69, 9.17) is 5.73 Å². The lowest BCUT2D eigenvalue weighted by Crippen LogP contribution is -2.47. The molecule has 22 heavy (non-hydrogen) atoms. The van der Waals surface area contributed by atoms with Crippen molar-refractivity contribution >= 4 is 29.9 Å². The van der Waals surface area contributed by atoms with Gasteiger partial charge in [0.05, 0.1) is 0 Å². The SMILES string of the molecule is CC(C)C(=O)NC1CCN(C(=O)c2ccc(N)cc2)CC1.Cl. The summed E-state index contributed by atoms with van der Waals surface area (Å²) in [5.74, 6) is 0.112. The number of likely N-dealkylation sites (tertiary alicyclic amines) is 1. The van der Waals surface area contributed by atoms with Gasteiger partial charge < -0.3 is 16.0 Å². The molecule has 1 aromatic carbocycles. The van der Waals surface area contributed by atoms with E-state index in [1.807, 2.05) is 18.7 Å². The summed E-state index contributed by atoms with van der Waals surface area (Å²) in [4.78, 5) is 25.9. The Hall–Kier alpha value is -1.75. The topological polar surface area (TPSA) is 75.4 Å². The van der Waals surface area contributed by atoms with Crippen LogP contribution in [-0.4, -0.2) is 35.8 Å². The molecule has 0 aliphatic carbocycles. The highest BCUT2D eigenvalue weighted by Crippen LogP contribution is 2.15. The molecule has 2 amide bonds. The minimum Gasteiger partial charge on any atom is -0.399 e. The highest BCUT2D eigenvalue weighted by molar-refractivity contribution is 5.94. The number of hydrogen-bond donors (Lipinski definition) is 2. The van der Waals surface area contributed by atoms with Crippen LogP contribution in [0.5, 0.6) is 0 Å². The summed E-state index contributed by atoms with van der Waals surface area (Å²) in [7, 11) is 0. The molecule has 0 aromatic heterocycles. The zero-order valence-electron chi connectivity index (χ0n) is 13.0. The van der Waals surface area contributed by atoms with Crippen LogP contribution in [0, 0.1) is 5.92 Å². The van der Waals surface area contributed by atoms with E-state index in [0.717, 1.165) is 12.8 Å². The van der Waals surface area contributed by atoms with Crippen LogP contribution in [0.25, 0.3) is 0 Å². The smallest absolute Gasteiger partial charge is 0.253 e. The molecule has 0 unspecified atom stereocenters. The number of benzene rings is 1. The number of nitrogens with one attached hydrogen (secondary N) is 1. The summed E-state index contributed by atoms with van der Waals surface area (Å²) in [6, 6.07) is 7.16. The third-order valence-corrected chi connectivity index (χ3v) is 3.81. The average molecular weight is 326 g/mol. The van der Waals surface area contributed by atoms with Crippen LogP contribution < -0.4 is 11.1 Å². The quantitative estimate of drug-likeness (QED) is 0.835. The lowest BCUT2D eigenvalue weighted by Gasteiger charge is -2.32. The van der Waals surface area contributed by atoms with Gasteiger partial charge in [-0.3, -0.25) is 9.59 Å². The van der Waals surface area contributed by atoms with Crippen molar-refractivity contribution < 1.29 is 9.59 Å². The fraction of sp³-hybridized carbons (Fsp3) is 0.500. The van der Waals surface area contributed by atoms with Gasteiger partial charge in [0.15, 0.2) is 0 Å². The first-order chi connectivity index (χ1) is 9.97. The van der Waals surface area contributed by atoms with Crippen molar-refractivity contribution in [1.82, 2.24) is 10.2 Å². The van der Waals surface area contributed by atoms with Crippen molar-refractivity contribution in [3.63, 3.8) is 0 Å². The zero-order valence-corrected chi connectivity index (χ0v) is 13.9. The number of carbonyl (C=O) groups excluding carboxylic acids is 2. The van der Waals surface area contributed by atoms with Crippen molar-refractivity contribution in [3.8, 4) is 0 Å². The van der Waals surface area contributed by atoms with Crippen molar-refractivity contribution in [2.24, 2.45) is 5.92 Å². The Balaban J connectivity index is 0.00000242. The second-order valence-electron chi connectivity index (χ2n) is 5.85. The highest BCUT2D eigenvalue weighted by Gasteiger charge is 2.24. The third-order valence-electron chi connectivity index (χ3n) is 3.81. The molecule has 5 nitrogen and oxygen atoms in total. The lowest BCUT2D eigenvalue weighted by atomic mass is 10.0. The first-order valence-corrected chi connectivity index (χ1v) is 7.42. The molecule has 0 radical (unpaired) electrons. The summed E-state index contributed by atoms with van der Waals surface area (Å²) in [5, 5.41) is 3.03. The van der Waals surface area contributed by atoms with Crippen LogP contribution >= 0.6 is 12.4 Å². The van der Waals surface area contributed by atoms with Gasteiger partial charge in [-0.2, -0.15) is 0 Å². The van der Waals surface area contributed by atoms with Gasteiger partial charge in [0.2, 0.25) is 5.91 Å². The molecule has 6 heteroatoms. The normalized spacial score (nSPS) is 15.3. The molecule has 1 aliphatic heterocycles. The Morgan fingerprint density at radius 3 is 2.23 bits per heavy atom. The van der Waals surface area contributed by atoms with E-state index in [1.165, 1.54) is 0 Å². The van der Waals surface area contributed by atoms with Crippen molar-refractivity contribution in [2.45, 2.75) is 32.7 Å². The number of halogens is 1. The maximum Gasteiger partial charge on any atom is 0.253 e. The number of nitrogen functional groups attached to an aromatic ring is 1. The summed E-state index contributed by atoms with van der Waals surface area (Å²) in [5.41, 5.74) is 6.94. The first-order valence-electron chi connectivity index (χ1n) is 7.42. The molecule has 1 aromatic rings. The second kappa shape index (κ2) is 8.03. The number of nitrogens with zero attached hydrogens (tertiary/aromatic N) is 1. The standard InChI is InChI=1S/C16H23N3O2.ClH/c1-11(2)15(20)18-14-7-9-19(10-8-14)16(21)12-3-5-13(17)6-4-12;/h3-6,11,14H,7-10,17H2,1-2H3,(H,18,20);1H. The highest BCUT2D eigenvalue weighted by atomic mass is 35.5. The molecule has 0 bridgehead atoms. The van der Waals surface area contributed by atoms with Gasteiger partial charge in [0, 0.05) is 36.3 Å². The van der Waals surface area contributed by atoms with Gasteiger partial charge in [-0.05, 0) is 37.1 Å². The third kappa shape index (κ3) is 4.63. The lowest BCUT2D eigenvalue weighted by molar-refractivity contribution is -0.124. The fourth-order valence-electron chi connectivity index (χ4n) is 2.40. The van der Waals surface area contributed by atoms with Crippen molar-refractivity contribution in [1.29, 1.82) is 0 Å². The van der Waals surface area contributed by atoms with Gasteiger partial charge in [0.25, 0.3) is 5.91 Å². The molecule has 1 fully saturated rings. The van der Waals surface area contributed by atoms with E-state index in [1.54, 1.807) is 24.3 Å². The van der Waals surface area contributed by atoms with E-state index in [2.05, 4.69) is 5.32 Å². The monoisotopic (exact) mass is 325 g/mol. The number of nitrogens with two attached hydrogens (primary N) is 1. The summed E-state index contributed by atoms with van der Waals surface area (Å²) in [6.07, 6.45) is 1.61. The first kappa shape index (κ1) is 18.3. The van der Waals surface area contributed by atoms with Crippen LogP contribution in [0.15, 0.2) is 24.3 Å². The number of rotatable bonds is 3. The number of piperidine rings is 1. The molecular weight excluding hydrogens is 302 g/mol. The Bertz CT molecular complexity index is 509. The van der Waals surface area contributed by atoms with E-state index >= 15 is 0 Å². The molecule has 0 spiro atoms. The van der Waals surface area contributed by atoms with Crippen LogP contribution in [0.4, 0.5) is 5.69 Å². The van der Waals surface area contributed by atoms with E-state index < -0.39 is 0 Å². The van der Waals surface area contributed by atoms with Gasteiger partial charge in [0.1, 0.15) is 0 Å². The molecular formula is C16H24ClN3O2. The summed E-state index contributed by atoms with van der Waals surface area (Å²) in [6.45, 7) is 5.11. The molecule has 1 saturated heterocycles. The Labute approximate surface area is 137 Å². The van der Waals surface area contributed by atoms with Crippen molar-refractivity contribution in [2.75, 3.05) is 18.8 Å². The Kier molecular flexibility index (Phi) is 6.68. The van der Waals surface area contributed by atoms with Crippen LogP contribution in [0.2, 0.25) is 0 Å². The largest absolute Gasteiger partial charge is 0.399 e.